The van der Waals surface area contributed by atoms with Gasteiger partial charge < -0.3 is 9.47 Å². The largest absolute Gasteiger partial charge is 0.454 e. The van der Waals surface area contributed by atoms with E-state index in [0.29, 0.717) is 23.6 Å². The SMILES string of the molecule is O=C(COC(=O)c1cccc(N2C(=O)[C@H]3C[C@@H](c4ccccc4)CC[C@H]3C2=O)c1)c1ccc(OC(=O)c2ccc(Cl)cc2Cl)cc1. The van der Waals surface area contributed by atoms with Crippen LogP contribution in [0.15, 0.2) is 97.1 Å². The van der Waals surface area contributed by atoms with Crippen LogP contribution in [-0.2, 0) is 14.3 Å². The molecule has 0 radical (unpaired) electrons. The Kier molecular flexibility index (Phi) is 9.01. The molecule has 1 aliphatic carbocycles. The highest BCUT2D eigenvalue weighted by Crippen LogP contribution is 2.45. The van der Waals surface area contributed by atoms with Crippen molar-refractivity contribution >= 4 is 58.4 Å². The van der Waals surface area contributed by atoms with Gasteiger partial charge in [-0.05, 0) is 91.4 Å². The number of fused-ring (bicyclic) bond motifs is 1. The number of Topliss-reactive ketones (excluding diaryl/α,β-unsaturated/α-hetero) is 1. The lowest BCUT2D eigenvalue weighted by molar-refractivity contribution is -0.122. The van der Waals surface area contributed by atoms with Crippen molar-refractivity contribution in [3.63, 3.8) is 0 Å². The summed E-state index contributed by atoms with van der Waals surface area (Å²) in [4.78, 5) is 66.0. The molecule has 0 N–H and O–H groups in total. The summed E-state index contributed by atoms with van der Waals surface area (Å²) in [5.74, 6) is -2.87. The van der Waals surface area contributed by atoms with Gasteiger partial charge in [0.1, 0.15) is 5.75 Å². The Morgan fingerprint density at radius 3 is 2.22 bits per heavy atom. The lowest BCUT2D eigenvalue weighted by Gasteiger charge is -2.28. The van der Waals surface area contributed by atoms with Crippen molar-refractivity contribution in [1.29, 1.82) is 0 Å². The number of ether oxygens (including phenoxy) is 2. The van der Waals surface area contributed by atoms with Crippen LogP contribution in [0, 0.1) is 11.8 Å². The Morgan fingerprint density at radius 2 is 1.48 bits per heavy atom. The van der Waals surface area contributed by atoms with Gasteiger partial charge in [-0.2, -0.15) is 0 Å². The summed E-state index contributed by atoms with van der Waals surface area (Å²) in [6, 6.07) is 26.3. The number of rotatable bonds is 8. The summed E-state index contributed by atoms with van der Waals surface area (Å²) in [5.41, 5.74) is 1.93. The Hall–Kier alpha value is -4.79. The van der Waals surface area contributed by atoms with Crippen LogP contribution in [0.25, 0.3) is 0 Å². The highest BCUT2D eigenvalue weighted by molar-refractivity contribution is 6.36. The fraction of sp³-hybridized carbons (Fsp3) is 0.194. The number of esters is 2. The topological polar surface area (TPSA) is 107 Å². The van der Waals surface area contributed by atoms with Crippen molar-refractivity contribution in [2.45, 2.75) is 25.2 Å². The van der Waals surface area contributed by atoms with E-state index in [2.05, 4.69) is 12.1 Å². The molecule has 232 valence electrons. The van der Waals surface area contributed by atoms with Crippen LogP contribution < -0.4 is 9.64 Å². The van der Waals surface area contributed by atoms with E-state index in [1.807, 2.05) is 18.2 Å². The number of ketones is 1. The fourth-order valence-electron chi connectivity index (χ4n) is 6.06. The third-order valence-corrected chi connectivity index (χ3v) is 8.96. The van der Waals surface area contributed by atoms with Crippen LogP contribution in [0.5, 0.6) is 5.75 Å². The number of carbonyl (C=O) groups is 5. The first-order chi connectivity index (χ1) is 22.2. The monoisotopic (exact) mass is 655 g/mol. The molecule has 1 saturated heterocycles. The Morgan fingerprint density at radius 1 is 0.739 bits per heavy atom. The first-order valence-corrected chi connectivity index (χ1v) is 15.5. The maximum absolute atomic E-state index is 13.5. The van der Waals surface area contributed by atoms with Crippen LogP contribution in [0.3, 0.4) is 0 Å². The molecule has 3 atom stereocenters. The van der Waals surface area contributed by atoms with Gasteiger partial charge in [0.15, 0.2) is 12.4 Å². The molecule has 1 aliphatic heterocycles. The first kappa shape index (κ1) is 31.2. The number of hydrogen-bond donors (Lipinski definition) is 0. The Balaban J connectivity index is 1.06. The molecule has 1 saturated carbocycles. The molecule has 1 heterocycles. The van der Waals surface area contributed by atoms with Gasteiger partial charge in [0.25, 0.3) is 0 Å². The van der Waals surface area contributed by atoms with E-state index in [1.165, 1.54) is 59.5 Å². The van der Waals surface area contributed by atoms with Gasteiger partial charge in [-0.1, -0.05) is 59.6 Å². The summed E-state index contributed by atoms with van der Waals surface area (Å²) in [5, 5.41) is 0.523. The van der Waals surface area contributed by atoms with Crippen LogP contribution in [0.2, 0.25) is 10.0 Å². The average Bonchev–Trinajstić information content (AvgIpc) is 3.32. The second-order valence-corrected chi connectivity index (χ2v) is 12.1. The van der Waals surface area contributed by atoms with Crippen molar-refractivity contribution in [1.82, 2.24) is 0 Å². The predicted octanol–water partition coefficient (Wildman–Crippen LogP) is 7.33. The molecule has 8 nitrogen and oxygen atoms in total. The highest BCUT2D eigenvalue weighted by atomic mass is 35.5. The summed E-state index contributed by atoms with van der Waals surface area (Å²) >= 11 is 11.9. The number of benzene rings is 4. The van der Waals surface area contributed by atoms with E-state index in [-0.39, 0.29) is 51.1 Å². The number of imide groups is 1. The van der Waals surface area contributed by atoms with Gasteiger partial charge >= 0.3 is 11.9 Å². The van der Waals surface area contributed by atoms with Crippen molar-refractivity contribution in [3.8, 4) is 5.75 Å². The van der Waals surface area contributed by atoms with Crippen LogP contribution in [-0.4, -0.2) is 36.1 Å². The molecular formula is C36H27Cl2NO7. The standard InChI is InChI=1S/C36H27Cl2NO7/c37-25-12-16-29(31(38)19-25)36(44)46-27-13-9-22(10-14-27)32(40)20-45-35(43)24-7-4-8-26(17-24)39-33(41)28-15-11-23(18-30(28)34(39)42)21-5-2-1-3-6-21/h1-10,12-14,16-17,19,23,28,30H,11,15,18,20H2/t23-,28+,30-/m0/s1. The molecule has 46 heavy (non-hydrogen) atoms. The summed E-state index contributed by atoms with van der Waals surface area (Å²) in [7, 11) is 0. The number of halogens is 2. The summed E-state index contributed by atoms with van der Waals surface area (Å²) in [6.45, 7) is -0.546. The minimum Gasteiger partial charge on any atom is -0.454 e. The maximum Gasteiger partial charge on any atom is 0.345 e. The lowest BCUT2D eigenvalue weighted by Crippen LogP contribution is -2.31. The molecule has 0 spiro atoms. The van der Waals surface area contributed by atoms with Gasteiger partial charge in [0.2, 0.25) is 11.8 Å². The minimum atomic E-state index is -0.777. The quantitative estimate of drug-likeness (QED) is 0.0847. The van der Waals surface area contributed by atoms with Crippen molar-refractivity contribution in [2.75, 3.05) is 11.5 Å². The number of anilines is 1. The van der Waals surface area contributed by atoms with E-state index in [9.17, 15) is 24.0 Å². The number of carbonyl (C=O) groups excluding carboxylic acids is 5. The highest BCUT2D eigenvalue weighted by Gasteiger charge is 2.50. The predicted molar refractivity (Wildman–Crippen MR) is 171 cm³/mol. The zero-order chi connectivity index (χ0) is 32.4. The van der Waals surface area contributed by atoms with Gasteiger partial charge in [-0.25, -0.2) is 9.59 Å². The number of hydrogen-bond acceptors (Lipinski definition) is 7. The van der Waals surface area contributed by atoms with Crippen molar-refractivity contribution in [2.24, 2.45) is 11.8 Å². The molecule has 10 heteroatoms. The zero-order valence-corrected chi connectivity index (χ0v) is 25.9. The van der Waals surface area contributed by atoms with Crippen molar-refractivity contribution < 1.29 is 33.4 Å². The van der Waals surface area contributed by atoms with E-state index in [0.717, 1.165) is 12.0 Å². The van der Waals surface area contributed by atoms with Gasteiger partial charge in [-0.3, -0.25) is 19.3 Å². The molecule has 0 unspecified atom stereocenters. The minimum absolute atomic E-state index is 0.103. The Bertz CT molecular complexity index is 1840. The third kappa shape index (κ3) is 6.45. The van der Waals surface area contributed by atoms with Crippen LogP contribution >= 0.6 is 23.2 Å². The first-order valence-electron chi connectivity index (χ1n) is 14.7. The Labute approximate surface area is 274 Å². The van der Waals surface area contributed by atoms with Gasteiger partial charge in [0, 0.05) is 10.6 Å². The molecule has 0 bridgehead atoms. The second-order valence-electron chi connectivity index (χ2n) is 11.2. The average molecular weight is 657 g/mol. The van der Waals surface area contributed by atoms with Gasteiger partial charge in [0.05, 0.1) is 33.7 Å². The molecular weight excluding hydrogens is 629 g/mol. The van der Waals surface area contributed by atoms with Crippen molar-refractivity contribution in [3.05, 3.63) is 129 Å². The van der Waals surface area contributed by atoms with E-state index in [4.69, 9.17) is 32.7 Å². The summed E-state index contributed by atoms with van der Waals surface area (Å²) < 4.78 is 10.6. The smallest absolute Gasteiger partial charge is 0.345 e. The molecule has 6 rings (SSSR count). The molecule has 2 aliphatic rings. The molecule has 4 aromatic carbocycles. The number of nitrogens with zero attached hydrogens (tertiary/aromatic N) is 1. The summed E-state index contributed by atoms with van der Waals surface area (Å²) in [6.07, 6.45) is 2.04. The molecule has 4 aromatic rings. The lowest BCUT2D eigenvalue weighted by atomic mass is 9.73. The van der Waals surface area contributed by atoms with E-state index in [1.54, 1.807) is 12.1 Å². The zero-order valence-electron chi connectivity index (χ0n) is 24.4. The normalized spacial score (nSPS) is 19.0. The van der Waals surface area contributed by atoms with E-state index >= 15 is 0 Å². The van der Waals surface area contributed by atoms with Gasteiger partial charge in [-0.15, -0.1) is 0 Å². The second kappa shape index (κ2) is 13.3. The maximum atomic E-state index is 13.5. The molecule has 0 aromatic heterocycles. The third-order valence-electron chi connectivity index (χ3n) is 8.41. The number of amides is 2. The van der Waals surface area contributed by atoms with E-state index < -0.39 is 30.2 Å². The molecule has 2 amide bonds. The van der Waals surface area contributed by atoms with Crippen LogP contribution in [0.1, 0.15) is 61.8 Å². The molecule has 2 fully saturated rings. The fourth-order valence-corrected chi connectivity index (χ4v) is 6.54. The van der Waals surface area contributed by atoms with Crippen LogP contribution in [0.4, 0.5) is 5.69 Å².